The normalized spacial score (nSPS) is 25.1. The SMILES string of the molecule is CNC(CCN1CCC(C)(O)C1)c1ccc(Br)cc1Cl. The molecule has 0 amide bonds. The van der Waals surface area contributed by atoms with Crippen molar-refractivity contribution < 1.29 is 5.11 Å². The molecular weight excluding hydrogens is 340 g/mol. The van der Waals surface area contributed by atoms with E-state index in [1.165, 1.54) is 0 Å². The molecule has 0 aliphatic carbocycles. The highest BCUT2D eigenvalue weighted by atomic mass is 79.9. The molecule has 2 unspecified atom stereocenters. The third-order valence-electron chi connectivity index (χ3n) is 3.95. The molecule has 20 heavy (non-hydrogen) atoms. The summed E-state index contributed by atoms with van der Waals surface area (Å²) in [5.41, 5.74) is 0.605. The maximum absolute atomic E-state index is 10.00. The maximum atomic E-state index is 10.00. The largest absolute Gasteiger partial charge is 0.389 e. The van der Waals surface area contributed by atoms with Gasteiger partial charge < -0.3 is 15.3 Å². The number of rotatable bonds is 5. The molecule has 0 bridgehead atoms. The molecular formula is C15H22BrClN2O. The Morgan fingerprint density at radius 2 is 2.30 bits per heavy atom. The van der Waals surface area contributed by atoms with Crippen molar-refractivity contribution in [1.82, 2.24) is 10.2 Å². The fourth-order valence-electron chi connectivity index (χ4n) is 2.78. The Labute approximate surface area is 134 Å². The van der Waals surface area contributed by atoms with E-state index >= 15 is 0 Å². The number of likely N-dealkylation sites (tertiary alicyclic amines) is 1. The standard InChI is InChI=1S/C15H22BrClN2O/c1-15(20)6-8-19(10-15)7-5-14(18-2)12-4-3-11(16)9-13(12)17/h3-4,9,14,18,20H,5-8,10H2,1-2H3. The second kappa shape index (κ2) is 6.75. The van der Waals surface area contributed by atoms with Crippen molar-refractivity contribution in [3.05, 3.63) is 33.3 Å². The number of nitrogens with one attached hydrogen (secondary N) is 1. The Balaban J connectivity index is 1.96. The van der Waals surface area contributed by atoms with E-state index in [1.807, 2.05) is 26.1 Å². The zero-order valence-corrected chi connectivity index (χ0v) is 14.3. The number of hydrogen-bond donors (Lipinski definition) is 2. The highest BCUT2D eigenvalue weighted by Crippen LogP contribution is 2.29. The molecule has 1 aromatic rings. The Hall–Kier alpha value is -0.130. The summed E-state index contributed by atoms with van der Waals surface area (Å²) < 4.78 is 0.997. The molecule has 0 spiro atoms. The summed E-state index contributed by atoms with van der Waals surface area (Å²) in [5, 5.41) is 14.1. The lowest BCUT2D eigenvalue weighted by molar-refractivity contribution is 0.0683. The van der Waals surface area contributed by atoms with Crippen LogP contribution in [0.25, 0.3) is 0 Å². The molecule has 1 saturated heterocycles. The number of nitrogens with zero attached hydrogens (tertiary/aromatic N) is 1. The van der Waals surface area contributed by atoms with Crippen LogP contribution in [0.4, 0.5) is 0 Å². The summed E-state index contributed by atoms with van der Waals surface area (Å²) >= 11 is 9.75. The van der Waals surface area contributed by atoms with Gasteiger partial charge in [0.25, 0.3) is 0 Å². The minimum atomic E-state index is -0.523. The Bertz CT molecular complexity index is 467. The molecule has 2 rings (SSSR count). The Kier molecular flexibility index (Phi) is 5.49. The molecule has 0 aromatic heterocycles. The Morgan fingerprint density at radius 3 is 2.85 bits per heavy atom. The number of β-amino-alcohol motifs (C(OH)–C–C–N with tert-alkyl or cyclic N) is 1. The van der Waals surface area contributed by atoms with E-state index in [2.05, 4.69) is 32.2 Å². The van der Waals surface area contributed by atoms with E-state index in [4.69, 9.17) is 11.6 Å². The van der Waals surface area contributed by atoms with Crippen LogP contribution < -0.4 is 5.32 Å². The summed E-state index contributed by atoms with van der Waals surface area (Å²) in [4.78, 5) is 2.32. The molecule has 112 valence electrons. The average Bonchev–Trinajstić information content (AvgIpc) is 2.72. The third kappa shape index (κ3) is 4.18. The number of benzene rings is 1. The minimum Gasteiger partial charge on any atom is -0.389 e. The van der Waals surface area contributed by atoms with Gasteiger partial charge in [-0.1, -0.05) is 33.6 Å². The molecule has 1 aliphatic rings. The van der Waals surface area contributed by atoms with Crippen molar-refractivity contribution in [2.75, 3.05) is 26.7 Å². The van der Waals surface area contributed by atoms with Gasteiger partial charge in [0.05, 0.1) is 5.60 Å². The predicted molar refractivity (Wildman–Crippen MR) is 87.3 cm³/mol. The summed E-state index contributed by atoms with van der Waals surface area (Å²) in [6.45, 7) is 4.61. The summed E-state index contributed by atoms with van der Waals surface area (Å²) in [6, 6.07) is 6.25. The molecule has 1 fully saturated rings. The van der Waals surface area contributed by atoms with E-state index in [-0.39, 0.29) is 6.04 Å². The van der Waals surface area contributed by atoms with Gasteiger partial charge in [-0.25, -0.2) is 0 Å². The van der Waals surface area contributed by atoms with Crippen LogP contribution in [0.3, 0.4) is 0 Å². The second-order valence-corrected chi connectivity index (χ2v) is 7.14. The minimum absolute atomic E-state index is 0.237. The number of halogens is 2. The van der Waals surface area contributed by atoms with Crippen molar-refractivity contribution in [1.29, 1.82) is 0 Å². The van der Waals surface area contributed by atoms with Crippen molar-refractivity contribution in [3.63, 3.8) is 0 Å². The van der Waals surface area contributed by atoms with Crippen molar-refractivity contribution in [3.8, 4) is 0 Å². The van der Waals surface area contributed by atoms with Gasteiger partial charge in [-0.15, -0.1) is 0 Å². The van der Waals surface area contributed by atoms with Crippen LogP contribution in [0, 0.1) is 0 Å². The highest BCUT2D eigenvalue weighted by Gasteiger charge is 2.31. The van der Waals surface area contributed by atoms with Gasteiger partial charge in [-0.2, -0.15) is 0 Å². The first-order chi connectivity index (χ1) is 9.41. The summed E-state index contributed by atoms with van der Waals surface area (Å²) in [6.07, 6.45) is 1.84. The van der Waals surface area contributed by atoms with Gasteiger partial charge in [0.2, 0.25) is 0 Å². The fourth-order valence-corrected chi connectivity index (χ4v) is 3.59. The fraction of sp³-hybridized carbons (Fsp3) is 0.600. The van der Waals surface area contributed by atoms with Crippen LogP contribution >= 0.6 is 27.5 Å². The molecule has 3 nitrogen and oxygen atoms in total. The van der Waals surface area contributed by atoms with Gasteiger partial charge in [-0.05, 0) is 44.5 Å². The quantitative estimate of drug-likeness (QED) is 0.845. The van der Waals surface area contributed by atoms with Crippen LogP contribution in [0.5, 0.6) is 0 Å². The van der Waals surface area contributed by atoms with E-state index in [9.17, 15) is 5.11 Å². The predicted octanol–water partition coefficient (Wildman–Crippen LogP) is 3.21. The lowest BCUT2D eigenvalue weighted by Gasteiger charge is -2.23. The molecule has 0 radical (unpaired) electrons. The van der Waals surface area contributed by atoms with Crippen molar-refractivity contribution in [2.45, 2.75) is 31.4 Å². The first kappa shape index (κ1) is 16.2. The van der Waals surface area contributed by atoms with Crippen LogP contribution in [0.2, 0.25) is 5.02 Å². The van der Waals surface area contributed by atoms with E-state index in [1.54, 1.807) is 0 Å². The molecule has 1 heterocycles. The summed E-state index contributed by atoms with van der Waals surface area (Å²) in [7, 11) is 1.96. The van der Waals surface area contributed by atoms with E-state index < -0.39 is 5.60 Å². The molecule has 5 heteroatoms. The van der Waals surface area contributed by atoms with E-state index in [0.29, 0.717) is 0 Å². The van der Waals surface area contributed by atoms with Gasteiger partial charge in [0.15, 0.2) is 0 Å². The Morgan fingerprint density at radius 1 is 1.55 bits per heavy atom. The molecule has 1 aromatic carbocycles. The van der Waals surface area contributed by atoms with Gasteiger partial charge in [0, 0.05) is 35.2 Å². The smallest absolute Gasteiger partial charge is 0.0758 e. The van der Waals surface area contributed by atoms with Crippen LogP contribution in [0.1, 0.15) is 31.4 Å². The zero-order valence-electron chi connectivity index (χ0n) is 12.0. The number of aliphatic hydroxyl groups is 1. The highest BCUT2D eigenvalue weighted by molar-refractivity contribution is 9.10. The lowest BCUT2D eigenvalue weighted by Crippen LogP contribution is -2.31. The third-order valence-corrected chi connectivity index (χ3v) is 4.77. The maximum Gasteiger partial charge on any atom is 0.0758 e. The topological polar surface area (TPSA) is 35.5 Å². The zero-order chi connectivity index (χ0) is 14.8. The number of hydrogen-bond acceptors (Lipinski definition) is 3. The molecule has 1 aliphatic heterocycles. The van der Waals surface area contributed by atoms with Crippen molar-refractivity contribution >= 4 is 27.5 Å². The average molecular weight is 362 g/mol. The van der Waals surface area contributed by atoms with E-state index in [0.717, 1.165) is 47.5 Å². The molecule has 0 saturated carbocycles. The first-order valence-corrected chi connectivity index (χ1v) is 8.15. The molecule has 2 atom stereocenters. The van der Waals surface area contributed by atoms with Crippen LogP contribution in [0.15, 0.2) is 22.7 Å². The van der Waals surface area contributed by atoms with Crippen LogP contribution in [-0.2, 0) is 0 Å². The van der Waals surface area contributed by atoms with Crippen LogP contribution in [-0.4, -0.2) is 42.3 Å². The first-order valence-electron chi connectivity index (χ1n) is 6.98. The second-order valence-electron chi connectivity index (χ2n) is 5.82. The van der Waals surface area contributed by atoms with Gasteiger partial charge in [0.1, 0.15) is 0 Å². The summed E-state index contributed by atoms with van der Waals surface area (Å²) in [5.74, 6) is 0. The van der Waals surface area contributed by atoms with Gasteiger partial charge >= 0.3 is 0 Å². The lowest BCUT2D eigenvalue weighted by atomic mass is 10.0. The molecule has 2 N–H and O–H groups in total. The van der Waals surface area contributed by atoms with Crippen molar-refractivity contribution in [2.24, 2.45) is 0 Å². The monoisotopic (exact) mass is 360 g/mol. The van der Waals surface area contributed by atoms with Gasteiger partial charge in [-0.3, -0.25) is 0 Å².